The van der Waals surface area contributed by atoms with E-state index in [0.29, 0.717) is 31.8 Å². The summed E-state index contributed by atoms with van der Waals surface area (Å²) in [5.41, 5.74) is 0.611. The van der Waals surface area contributed by atoms with Crippen molar-refractivity contribution >= 4 is 10.0 Å². The van der Waals surface area contributed by atoms with Crippen molar-refractivity contribution in [3.05, 3.63) is 82.3 Å². The number of sulfonamides is 1. The molecule has 0 spiro atoms. The molecular weight excluding hydrogens is 395 g/mol. The summed E-state index contributed by atoms with van der Waals surface area (Å²) in [6.07, 6.45) is 1.18. The lowest BCUT2D eigenvalue weighted by atomic mass is 10.2. The topological polar surface area (TPSA) is 77.2 Å². The second-order valence-electron chi connectivity index (χ2n) is 7.07. The molecule has 1 atom stereocenters. The molecule has 0 aliphatic carbocycles. The fourth-order valence-electron chi connectivity index (χ4n) is 3.73. The number of aromatic nitrogens is 3. The highest BCUT2D eigenvalue weighted by Crippen LogP contribution is 2.35. The molecule has 1 aliphatic rings. The van der Waals surface area contributed by atoms with Gasteiger partial charge in [-0.3, -0.25) is 4.57 Å². The van der Waals surface area contributed by atoms with E-state index in [1.165, 1.54) is 31.8 Å². The minimum atomic E-state index is -3.92. The van der Waals surface area contributed by atoms with E-state index in [-0.39, 0.29) is 10.6 Å². The fraction of sp³-hybridized carbons (Fsp3) is 0.300. The van der Waals surface area contributed by atoms with Gasteiger partial charge in [-0.15, -0.1) is 0 Å². The van der Waals surface area contributed by atoms with E-state index in [1.807, 2.05) is 30.3 Å². The second kappa shape index (κ2) is 7.57. The molecule has 1 fully saturated rings. The van der Waals surface area contributed by atoms with Gasteiger partial charge in [0.25, 0.3) is 0 Å². The average Bonchev–Trinajstić information content (AvgIpc) is 3.30. The van der Waals surface area contributed by atoms with Gasteiger partial charge in [-0.25, -0.2) is 22.3 Å². The van der Waals surface area contributed by atoms with Crippen molar-refractivity contribution in [2.75, 3.05) is 6.54 Å². The molecular formula is C20H21FN4O3S. The maximum Gasteiger partial charge on any atom is 0.346 e. The molecule has 152 valence electrons. The Hall–Kier alpha value is -2.78. The quantitative estimate of drug-likeness (QED) is 0.640. The summed E-state index contributed by atoms with van der Waals surface area (Å²) in [5, 5.41) is 4.35. The van der Waals surface area contributed by atoms with Crippen LogP contribution in [0.2, 0.25) is 0 Å². The molecule has 29 heavy (non-hydrogen) atoms. The number of hydrogen-bond acceptors (Lipinski definition) is 4. The first-order valence-electron chi connectivity index (χ1n) is 9.33. The Morgan fingerprint density at radius 1 is 1.14 bits per heavy atom. The molecule has 0 bridgehead atoms. The van der Waals surface area contributed by atoms with Crippen LogP contribution in [0.1, 0.15) is 30.3 Å². The van der Waals surface area contributed by atoms with Crippen molar-refractivity contribution in [2.45, 2.75) is 30.3 Å². The molecule has 1 aliphatic heterocycles. The van der Waals surface area contributed by atoms with Crippen LogP contribution in [0.25, 0.3) is 0 Å². The molecule has 4 rings (SSSR count). The van der Waals surface area contributed by atoms with Crippen LogP contribution in [0.3, 0.4) is 0 Å². The van der Waals surface area contributed by atoms with Crippen LogP contribution in [-0.4, -0.2) is 33.6 Å². The highest BCUT2D eigenvalue weighted by molar-refractivity contribution is 7.89. The first-order chi connectivity index (χ1) is 13.9. The van der Waals surface area contributed by atoms with E-state index in [9.17, 15) is 17.6 Å². The summed E-state index contributed by atoms with van der Waals surface area (Å²) in [5.74, 6) is -0.209. The lowest BCUT2D eigenvalue weighted by Crippen LogP contribution is -2.33. The highest BCUT2D eigenvalue weighted by atomic mass is 32.2. The summed E-state index contributed by atoms with van der Waals surface area (Å²) in [7, 11) is -2.37. The van der Waals surface area contributed by atoms with E-state index in [4.69, 9.17) is 0 Å². The van der Waals surface area contributed by atoms with E-state index >= 15 is 0 Å². The maximum atomic E-state index is 13.6. The monoisotopic (exact) mass is 416 g/mol. The minimum absolute atomic E-state index is 0.0997. The van der Waals surface area contributed by atoms with E-state index in [2.05, 4.69) is 5.10 Å². The molecule has 1 unspecified atom stereocenters. The molecule has 0 radical (unpaired) electrons. The van der Waals surface area contributed by atoms with Crippen LogP contribution in [0.15, 0.2) is 64.3 Å². The molecule has 1 aromatic heterocycles. The van der Waals surface area contributed by atoms with Gasteiger partial charge in [0.1, 0.15) is 5.82 Å². The average molecular weight is 416 g/mol. The Balaban J connectivity index is 1.75. The number of aryl methyl sites for hydroxylation is 1. The summed E-state index contributed by atoms with van der Waals surface area (Å²) in [6.45, 7) is 0.590. The molecule has 7 nitrogen and oxygen atoms in total. The molecule has 2 aromatic carbocycles. The van der Waals surface area contributed by atoms with Gasteiger partial charge in [-0.05, 0) is 36.6 Å². The van der Waals surface area contributed by atoms with Crippen LogP contribution in [0.4, 0.5) is 4.39 Å². The van der Waals surface area contributed by atoms with E-state index in [0.717, 1.165) is 11.6 Å². The Morgan fingerprint density at radius 2 is 1.90 bits per heavy atom. The predicted molar refractivity (Wildman–Crippen MR) is 105 cm³/mol. The highest BCUT2D eigenvalue weighted by Gasteiger charge is 2.39. The minimum Gasteiger partial charge on any atom is -0.273 e. The standard InChI is InChI=1S/C20H21FN4O3S/c1-23-20(26)24(14-15-7-3-2-4-8-15)19(22-23)18-11-6-12-25(18)29(27,28)17-10-5-9-16(21)13-17/h2-5,7-10,13,18H,6,11-12,14H2,1H3. The van der Waals surface area contributed by atoms with Gasteiger partial charge in [0.15, 0.2) is 5.82 Å². The largest absolute Gasteiger partial charge is 0.346 e. The SMILES string of the molecule is Cn1nc(C2CCCN2S(=O)(=O)c2cccc(F)c2)n(Cc2ccccc2)c1=O. The number of rotatable bonds is 5. The Bertz CT molecular complexity index is 1190. The van der Waals surface area contributed by atoms with E-state index in [1.54, 1.807) is 7.05 Å². The van der Waals surface area contributed by atoms with Crippen molar-refractivity contribution in [1.82, 2.24) is 18.7 Å². The summed E-state index contributed by atoms with van der Waals surface area (Å²) < 4.78 is 44.0. The zero-order valence-electron chi connectivity index (χ0n) is 15.9. The lowest BCUT2D eigenvalue weighted by molar-refractivity contribution is 0.372. The molecule has 0 saturated carbocycles. The Kier molecular flexibility index (Phi) is 5.10. The van der Waals surface area contributed by atoms with Crippen molar-refractivity contribution in [3.63, 3.8) is 0 Å². The van der Waals surface area contributed by atoms with Gasteiger partial charge < -0.3 is 0 Å². The molecule has 1 saturated heterocycles. The van der Waals surface area contributed by atoms with Crippen LogP contribution in [-0.2, 0) is 23.6 Å². The van der Waals surface area contributed by atoms with Gasteiger partial charge in [-0.1, -0.05) is 36.4 Å². The van der Waals surface area contributed by atoms with Crippen molar-refractivity contribution in [2.24, 2.45) is 7.05 Å². The smallest absolute Gasteiger partial charge is 0.273 e. The van der Waals surface area contributed by atoms with Gasteiger partial charge in [-0.2, -0.15) is 9.40 Å². The molecule has 0 N–H and O–H groups in total. The molecule has 3 aromatic rings. The maximum absolute atomic E-state index is 13.6. The number of hydrogen-bond donors (Lipinski definition) is 0. The van der Waals surface area contributed by atoms with Crippen molar-refractivity contribution in [1.29, 1.82) is 0 Å². The zero-order valence-corrected chi connectivity index (χ0v) is 16.7. The van der Waals surface area contributed by atoms with Gasteiger partial charge in [0, 0.05) is 13.6 Å². The third-order valence-electron chi connectivity index (χ3n) is 5.12. The third kappa shape index (κ3) is 3.63. The number of nitrogens with zero attached hydrogens (tertiary/aromatic N) is 4. The number of halogens is 1. The Labute approximate surface area is 168 Å². The first-order valence-corrected chi connectivity index (χ1v) is 10.8. The van der Waals surface area contributed by atoms with Gasteiger partial charge in [0.2, 0.25) is 10.0 Å². The summed E-state index contributed by atoms with van der Waals surface area (Å²) in [4.78, 5) is 12.6. The van der Waals surface area contributed by atoms with Crippen LogP contribution >= 0.6 is 0 Å². The normalized spacial score (nSPS) is 17.7. The van der Waals surface area contributed by atoms with Crippen LogP contribution in [0.5, 0.6) is 0 Å². The zero-order chi connectivity index (χ0) is 20.6. The van der Waals surface area contributed by atoms with Gasteiger partial charge >= 0.3 is 5.69 Å². The Morgan fingerprint density at radius 3 is 2.62 bits per heavy atom. The van der Waals surface area contributed by atoms with Crippen molar-refractivity contribution < 1.29 is 12.8 Å². The van der Waals surface area contributed by atoms with Crippen LogP contribution in [0, 0.1) is 5.82 Å². The summed E-state index contributed by atoms with van der Waals surface area (Å²) in [6, 6.07) is 13.8. The molecule has 9 heteroatoms. The molecule has 0 amide bonds. The second-order valence-corrected chi connectivity index (χ2v) is 8.96. The third-order valence-corrected chi connectivity index (χ3v) is 7.03. The first kappa shape index (κ1) is 19.5. The molecule has 2 heterocycles. The summed E-state index contributed by atoms with van der Waals surface area (Å²) >= 11 is 0. The van der Waals surface area contributed by atoms with Crippen molar-refractivity contribution in [3.8, 4) is 0 Å². The predicted octanol–water partition coefficient (Wildman–Crippen LogP) is 2.29. The van der Waals surface area contributed by atoms with Crippen LogP contribution < -0.4 is 5.69 Å². The number of benzene rings is 2. The fourth-order valence-corrected chi connectivity index (χ4v) is 5.42. The van der Waals surface area contributed by atoms with E-state index < -0.39 is 21.9 Å². The van der Waals surface area contributed by atoms with Gasteiger partial charge in [0.05, 0.1) is 17.5 Å². The lowest BCUT2D eigenvalue weighted by Gasteiger charge is -2.23.